The molecule has 1 aliphatic heterocycles. The van der Waals surface area contributed by atoms with Gasteiger partial charge in [-0.3, -0.25) is 4.79 Å². The Bertz CT molecular complexity index is 1210. The number of ether oxygens (including phenoxy) is 1. The second kappa shape index (κ2) is 8.78. The van der Waals surface area contributed by atoms with E-state index in [0.717, 1.165) is 37.1 Å². The molecule has 1 aromatic heterocycles. The van der Waals surface area contributed by atoms with Gasteiger partial charge in [0.05, 0.1) is 5.56 Å². The second-order valence-corrected chi connectivity index (χ2v) is 8.03. The first-order chi connectivity index (χ1) is 15.3. The van der Waals surface area contributed by atoms with Crippen LogP contribution in [0.15, 0.2) is 94.3 Å². The van der Waals surface area contributed by atoms with Gasteiger partial charge in [-0.05, 0) is 42.6 Å². The van der Waals surface area contributed by atoms with E-state index in [2.05, 4.69) is 17.4 Å². The highest BCUT2D eigenvalue weighted by atomic mass is 16.5. The van der Waals surface area contributed by atoms with Crippen LogP contribution in [0.3, 0.4) is 0 Å². The van der Waals surface area contributed by atoms with Crippen LogP contribution in [0, 0.1) is 5.92 Å². The Kier molecular flexibility index (Phi) is 5.55. The first kappa shape index (κ1) is 19.6. The maximum Gasteiger partial charge on any atom is 0.204 e. The third-order valence-corrected chi connectivity index (χ3v) is 5.99. The Hall–Kier alpha value is -3.37. The van der Waals surface area contributed by atoms with Crippen molar-refractivity contribution < 1.29 is 9.15 Å². The molecule has 3 aromatic carbocycles. The van der Waals surface area contributed by atoms with Crippen molar-refractivity contribution in [1.82, 2.24) is 5.32 Å². The van der Waals surface area contributed by atoms with Gasteiger partial charge in [-0.1, -0.05) is 66.7 Å². The van der Waals surface area contributed by atoms with Crippen molar-refractivity contribution in [2.24, 2.45) is 5.92 Å². The maximum atomic E-state index is 13.5. The van der Waals surface area contributed by atoms with Gasteiger partial charge in [0.15, 0.2) is 0 Å². The van der Waals surface area contributed by atoms with Crippen molar-refractivity contribution >= 4 is 11.0 Å². The summed E-state index contributed by atoms with van der Waals surface area (Å²) in [6, 6.07) is 25.5. The van der Waals surface area contributed by atoms with E-state index in [1.807, 2.05) is 66.7 Å². The molecule has 1 fully saturated rings. The van der Waals surface area contributed by atoms with Crippen molar-refractivity contribution in [2.45, 2.75) is 18.9 Å². The predicted molar refractivity (Wildman–Crippen MR) is 123 cm³/mol. The monoisotopic (exact) mass is 411 g/mol. The summed E-state index contributed by atoms with van der Waals surface area (Å²) in [6.45, 7) is 1.94. The van der Waals surface area contributed by atoms with Crippen LogP contribution in [0.25, 0.3) is 22.1 Å². The number of piperidine rings is 1. The van der Waals surface area contributed by atoms with Gasteiger partial charge in [0, 0.05) is 12.5 Å². The predicted octanol–water partition coefficient (Wildman–Crippen LogP) is 5.58. The van der Waals surface area contributed by atoms with Crippen LogP contribution >= 0.6 is 0 Å². The van der Waals surface area contributed by atoms with Crippen molar-refractivity contribution in [3.8, 4) is 16.9 Å². The van der Waals surface area contributed by atoms with Gasteiger partial charge in [-0.25, -0.2) is 0 Å². The third-order valence-electron chi connectivity index (χ3n) is 5.99. The highest BCUT2D eigenvalue weighted by Gasteiger charge is 2.28. The van der Waals surface area contributed by atoms with E-state index in [9.17, 15) is 4.79 Å². The lowest BCUT2D eigenvalue weighted by Gasteiger charge is -2.31. The Morgan fingerprint density at radius 3 is 2.45 bits per heavy atom. The number of nitrogens with one attached hydrogen (secondary N) is 1. The normalized spacial score (nSPS) is 17.4. The first-order valence-corrected chi connectivity index (χ1v) is 10.8. The van der Waals surface area contributed by atoms with Crippen molar-refractivity contribution in [1.29, 1.82) is 0 Å². The highest BCUT2D eigenvalue weighted by molar-refractivity contribution is 5.87. The summed E-state index contributed by atoms with van der Waals surface area (Å²) < 4.78 is 12.5. The van der Waals surface area contributed by atoms with Crippen LogP contribution in [-0.2, 0) is 0 Å². The molecular formula is C27H25NO3. The number of hydrogen-bond donors (Lipinski definition) is 1. The molecule has 2 atom stereocenters. The van der Waals surface area contributed by atoms with E-state index in [0.29, 0.717) is 28.2 Å². The minimum absolute atomic E-state index is 0.0726. The Morgan fingerprint density at radius 1 is 0.935 bits per heavy atom. The fourth-order valence-corrected chi connectivity index (χ4v) is 4.41. The molecule has 31 heavy (non-hydrogen) atoms. The van der Waals surface area contributed by atoms with Crippen LogP contribution < -0.4 is 15.5 Å². The number of benzene rings is 3. The fourth-order valence-electron chi connectivity index (χ4n) is 4.41. The molecule has 2 heterocycles. The van der Waals surface area contributed by atoms with Gasteiger partial charge >= 0.3 is 0 Å². The molecule has 5 rings (SSSR count). The van der Waals surface area contributed by atoms with Crippen LogP contribution in [0.4, 0.5) is 0 Å². The molecule has 0 saturated carbocycles. The fraction of sp³-hybridized carbons (Fsp3) is 0.222. The van der Waals surface area contributed by atoms with Gasteiger partial charge in [0.1, 0.15) is 29.1 Å². The smallest absolute Gasteiger partial charge is 0.204 e. The highest BCUT2D eigenvalue weighted by Crippen LogP contribution is 2.35. The van der Waals surface area contributed by atoms with Crippen LogP contribution in [0.5, 0.6) is 5.75 Å². The van der Waals surface area contributed by atoms with Gasteiger partial charge in [-0.2, -0.15) is 0 Å². The van der Waals surface area contributed by atoms with E-state index in [1.165, 1.54) is 0 Å². The first-order valence-electron chi connectivity index (χ1n) is 10.8. The Labute approximate surface area is 181 Å². The summed E-state index contributed by atoms with van der Waals surface area (Å²) in [5.74, 6) is 0.902. The van der Waals surface area contributed by atoms with Gasteiger partial charge in [-0.15, -0.1) is 0 Å². The summed E-state index contributed by atoms with van der Waals surface area (Å²) in [5, 5.41) is 3.98. The molecule has 1 aliphatic rings. The van der Waals surface area contributed by atoms with Crippen molar-refractivity contribution in [2.75, 3.05) is 13.1 Å². The summed E-state index contributed by atoms with van der Waals surface area (Å²) in [4.78, 5) is 13.5. The lowest BCUT2D eigenvalue weighted by atomic mass is 9.89. The van der Waals surface area contributed by atoms with Crippen molar-refractivity contribution in [3.05, 3.63) is 101 Å². The molecule has 4 nitrogen and oxygen atoms in total. The summed E-state index contributed by atoms with van der Waals surface area (Å²) in [5.41, 5.74) is 2.97. The molecule has 0 amide bonds. The average molecular weight is 412 g/mol. The molecule has 1 saturated heterocycles. The zero-order valence-electron chi connectivity index (χ0n) is 17.3. The molecule has 4 heteroatoms. The van der Waals surface area contributed by atoms with Crippen molar-refractivity contribution in [3.63, 3.8) is 0 Å². The standard InChI is InChI=1S/C27H25NO3/c29-26-22(19-9-3-1-4-10-19)18-30-23-14-7-15-24(25(23)26)31-27(20-11-5-2-6-12-20)21-13-8-16-28-17-21/h1-7,9-12,14-15,18,21,27-28H,8,13,16-17H2. The summed E-state index contributed by atoms with van der Waals surface area (Å²) in [7, 11) is 0. The SMILES string of the molecule is O=c1c(-c2ccccc2)coc2cccc(OC(c3ccccc3)C3CCCNC3)c12. The maximum absolute atomic E-state index is 13.5. The molecule has 0 spiro atoms. The third kappa shape index (κ3) is 3.99. The molecule has 0 radical (unpaired) electrons. The lowest BCUT2D eigenvalue weighted by molar-refractivity contribution is 0.117. The second-order valence-electron chi connectivity index (χ2n) is 8.03. The van der Waals surface area contributed by atoms with Gasteiger partial charge in [0.2, 0.25) is 5.43 Å². The molecule has 0 bridgehead atoms. The van der Waals surface area contributed by atoms with Crippen LogP contribution in [-0.4, -0.2) is 13.1 Å². The molecule has 0 aliphatic carbocycles. The van der Waals surface area contributed by atoms with Crippen LogP contribution in [0.1, 0.15) is 24.5 Å². The topological polar surface area (TPSA) is 51.5 Å². The minimum atomic E-state index is -0.139. The van der Waals surface area contributed by atoms with E-state index in [1.54, 1.807) is 6.26 Å². The summed E-state index contributed by atoms with van der Waals surface area (Å²) >= 11 is 0. The molecule has 1 N–H and O–H groups in total. The quantitative estimate of drug-likeness (QED) is 0.466. The molecule has 4 aromatic rings. The van der Waals surface area contributed by atoms with E-state index < -0.39 is 0 Å². The molecule has 156 valence electrons. The number of rotatable bonds is 5. The minimum Gasteiger partial charge on any atom is -0.484 e. The van der Waals surface area contributed by atoms with Crippen LogP contribution in [0.2, 0.25) is 0 Å². The number of fused-ring (bicyclic) bond motifs is 1. The Morgan fingerprint density at radius 2 is 1.71 bits per heavy atom. The lowest BCUT2D eigenvalue weighted by Crippen LogP contribution is -2.35. The van der Waals surface area contributed by atoms with E-state index >= 15 is 0 Å². The van der Waals surface area contributed by atoms with Gasteiger partial charge < -0.3 is 14.5 Å². The number of hydrogen-bond acceptors (Lipinski definition) is 4. The largest absolute Gasteiger partial charge is 0.484 e. The van der Waals surface area contributed by atoms with E-state index in [-0.39, 0.29) is 11.5 Å². The zero-order chi connectivity index (χ0) is 21.0. The van der Waals surface area contributed by atoms with E-state index in [4.69, 9.17) is 9.15 Å². The Balaban J connectivity index is 1.60. The summed E-state index contributed by atoms with van der Waals surface area (Å²) in [6.07, 6.45) is 3.61. The molecular weight excluding hydrogens is 386 g/mol. The molecule has 2 unspecified atom stereocenters. The van der Waals surface area contributed by atoms with Gasteiger partial charge in [0.25, 0.3) is 0 Å². The zero-order valence-corrected chi connectivity index (χ0v) is 17.3. The average Bonchev–Trinajstić information content (AvgIpc) is 2.84.